The van der Waals surface area contributed by atoms with E-state index in [9.17, 15) is 0 Å². The number of rotatable bonds is 8. The van der Waals surface area contributed by atoms with Gasteiger partial charge in [0.15, 0.2) is 17.5 Å². The molecule has 0 aliphatic carbocycles. The minimum absolute atomic E-state index is 0.308. The van der Waals surface area contributed by atoms with Crippen molar-refractivity contribution in [1.82, 2.24) is 15.5 Å². The molecule has 1 heterocycles. The topological polar surface area (TPSA) is 58.1 Å². The van der Waals surface area contributed by atoms with Crippen molar-refractivity contribution in [3.8, 4) is 11.5 Å². The van der Waals surface area contributed by atoms with Crippen LogP contribution in [0.25, 0.3) is 0 Å². The predicted molar refractivity (Wildman–Crippen MR) is 93.2 cm³/mol. The van der Waals surface area contributed by atoms with Crippen LogP contribution in [0, 0.1) is 0 Å². The van der Waals surface area contributed by atoms with Gasteiger partial charge in [0, 0.05) is 20.1 Å². The smallest absolute Gasteiger partial charge is 0.231 e. The third kappa shape index (κ3) is 5.32. The van der Waals surface area contributed by atoms with Gasteiger partial charge < -0.3 is 25.0 Å². The Morgan fingerprint density at radius 1 is 1.17 bits per heavy atom. The lowest BCUT2D eigenvalue weighted by Crippen LogP contribution is -2.38. The molecule has 0 unspecified atom stereocenters. The Kier molecular flexibility index (Phi) is 7.00. The van der Waals surface area contributed by atoms with Crippen LogP contribution in [0.5, 0.6) is 11.5 Å². The molecule has 0 atom stereocenters. The standard InChI is InChI=1S/C17H28N4O2/c1-4-21(5-2)10-6-9-19-17(18-3)20-12-14-7-8-15-16(11-14)23-13-22-15/h7-8,11H,4-6,9-10,12-13H2,1-3H3,(H2,18,19,20). The summed E-state index contributed by atoms with van der Waals surface area (Å²) < 4.78 is 10.7. The molecule has 0 saturated heterocycles. The third-order valence-electron chi connectivity index (χ3n) is 3.96. The summed E-state index contributed by atoms with van der Waals surface area (Å²) in [5, 5.41) is 6.67. The first-order valence-electron chi connectivity index (χ1n) is 8.32. The zero-order valence-electron chi connectivity index (χ0n) is 14.4. The van der Waals surface area contributed by atoms with E-state index in [4.69, 9.17) is 9.47 Å². The number of benzene rings is 1. The Morgan fingerprint density at radius 3 is 2.70 bits per heavy atom. The van der Waals surface area contributed by atoms with Crippen LogP contribution >= 0.6 is 0 Å². The van der Waals surface area contributed by atoms with Gasteiger partial charge in [-0.2, -0.15) is 0 Å². The van der Waals surface area contributed by atoms with E-state index in [0.717, 1.165) is 55.6 Å². The maximum Gasteiger partial charge on any atom is 0.231 e. The Bertz CT molecular complexity index is 515. The van der Waals surface area contributed by atoms with E-state index in [0.29, 0.717) is 13.3 Å². The second kappa shape index (κ2) is 9.25. The van der Waals surface area contributed by atoms with E-state index in [1.807, 2.05) is 18.2 Å². The lowest BCUT2D eigenvalue weighted by molar-refractivity contribution is 0.174. The summed E-state index contributed by atoms with van der Waals surface area (Å²) in [5.41, 5.74) is 1.14. The molecule has 0 aromatic heterocycles. The summed E-state index contributed by atoms with van der Waals surface area (Å²) in [6.45, 7) is 9.64. The van der Waals surface area contributed by atoms with Gasteiger partial charge in [-0.1, -0.05) is 19.9 Å². The fourth-order valence-electron chi connectivity index (χ4n) is 2.51. The van der Waals surface area contributed by atoms with Crippen molar-refractivity contribution < 1.29 is 9.47 Å². The normalized spacial score (nSPS) is 13.5. The Labute approximate surface area is 138 Å². The van der Waals surface area contributed by atoms with E-state index in [1.54, 1.807) is 7.05 Å². The van der Waals surface area contributed by atoms with Crippen molar-refractivity contribution in [2.24, 2.45) is 4.99 Å². The SMILES string of the molecule is CCN(CC)CCCNC(=NC)NCc1ccc2c(c1)OCO2. The van der Waals surface area contributed by atoms with Crippen molar-refractivity contribution in [2.45, 2.75) is 26.8 Å². The largest absolute Gasteiger partial charge is 0.454 e. The first-order chi connectivity index (χ1) is 11.3. The molecule has 0 saturated carbocycles. The lowest BCUT2D eigenvalue weighted by atomic mass is 10.2. The van der Waals surface area contributed by atoms with Gasteiger partial charge in [-0.05, 0) is 43.8 Å². The highest BCUT2D eigenvalue weighted by Crippen LogP contribution is 2.32. The van der Waals surface area contributed by atoms with E-state index in [2.05, 4.69) is 34.4 Å². The number of aliphatic imine (C=N–C) groups is 1. The molecule has 1 aromatic rings. The molecule has 1 aliphatic rings. The molecule has 6 nitrogen and oxygen atoms in total. The molecule has 6 heteroatoms. The molecule has 1 aromatic carbocycles. The number of nitrogens with one attached hydrogen (secondary N) is 2. The first-order valence-corrected chi connectivity index (χ1v) is 8.32. The van der Waals surface area contributed by atoms with Crippen LogP contribution < -0.4 is 20.1 Å². The molecule has 2 N–H and O–H groups in total. The number of hydrogen-bond acceptors (Lipinski definition) is 4. The van der Waals surface area contributed by atoms with E-state index < -0.39 is 0 Å². The zero-order chi connectivity index (χ0) is 16.5. The summed E-state index contributed by atoms with van der Waals surface area (Å²) in [4.78, 5) is 6.68. The Hall–Kier alpha value is -1.95. The van der Waals surface area contributed by atoms with Crippen LogP contribution in [-0.4, -0.2) is 50.9 Å². The summed E-state index contributed by atoms with van der Waals surface area (Å²) in [7, 11) is 1.79. The minimum Gasteiger partial charge on any atom is -0.454 e. The van der Waals surface area contributed by atoms with Crippen LogP contribution in [0.1, 0.15) is 25.8 Å². The highest BCUT2D eigenvalue weighted by molar-refractivity contribution is 5.79. The molecular formula is C17H28N4O2. The van der Waals surface area contributed by atoms with Crippen LogP contribution in [0.3, 0.4) is 0 Å². The molecule has 128 valence electrons. The predicted octanol–water partition coefficient (Wildman–Crippen LogP) is 1.81. The van der Waals surface area contributed by atoms with E-state index in [1.165, 1.54) is 0 Å². The average Bonchev–Trinajstić information content (AvgIpc) is 3.05. The van der Waals surface area contributed by atoms with Gasteiger partial charge in [0.25, 0.3) is 0 Å². The molecule has 0 fully saturated rings. The zero-order valence-corrected chi connectivity index (χ0v) is 14.4. The summed E-state index contributed by atoms with van der Waals surface area (Å²) in [6.07, 6.45) is 1.10. The second-order valence-corrected chi connectivity index (χ2v) is 5.42. The molecule has 0 bridgehead atoms. The maximum atomic E-state index is 5.39. The van der Waals surface area contributed by atoms with E-state index in [-0.39, 0.29) is 0 Å². The van der Waals surface area contributed by atoms with Gasteiger partial charge in [-0.25, -0.2) is 0 Å². The minimum atomic E-state index is 0.308. The molecule has 0 radical (unpaired) electrons. The lowest BCUT2D eigenvalue weighted by Gasteiger charge is -2.18. The van der Waals surface area contributed by atoms with Crippen LogP contribution in [-0.2, 0) is 6.54 Å². The molecule has 1 aliphatic heterocycles. The van der Waals surface area contributed by atoms with Crippen molar-refractivity contribution in [1.29, 1.82) is 0 Å². The fourth-order valence-corrected chi connectivity index (χ4v) is 2.51. The number of fused-ring (bicyclic) bond motifs is 1. The summed E-state index contributed by atoms with van der Waals surface area (Å²) >= 11 is 0. The third-order valence-corrected chi connectivity index (χ3v) is 3.96. The number of guanidine groups is 1. The average molecular weight is 320 g/mol. The van der Waals surface area contributed by atoms with Crippen LogP contribution in [0.4, 0.5) is 0 Å². The van der Waals surface area contributed by atoms with Gasteiger partial charge in [0.05, 0.1) is 0 Å². The molecular weight excluding hydrogens is 292 g/mol. The molecule has 23 heavy (non-hydrogen) atoms. The Balaban J connectivity index is 1.71. The van der Waals surface area contributed by atoms with Crippen molar-refractivity contribution in [3.05, 3.63) is 23.8 Å². The van der Waals surface area contributed by atoms with Crippen molar-refractivity contribution >= 4 is 5.96 Å². The summed E-state index contributed by atoms with van der Waals surface area (Å²) in [6, 6.07) is 5.98. The maximum absolute atomic E-state index is 5.39. The Morgan fingerprint density at radius 2 is 1.96 bits per heavy atom. The van der Waals surface area contributed by atoms with Crippen LogP contribution in [0.2, 0.25) is 0 Å². The van der Waals surface area contributed by atoms with Gasteiger partial charge in [-0.15, -0.1) is 0 Å². The molecule has 0 spiro atoms. The van der Waals surface area contributed by atoms with Gasteiger partial charge in [0.1, 0.15) is 0 Å². The molecule has 0 amide bonds. The fraction of sp³-hybridized carbons (Fsp3) is 0.588. The monoisotopic (exact) mass is 320 g/mol. The van der Waals surface area contributed by atoms with Crippen molar-refractivity contribution in [3.63, 3.8) is 0 Å². The highest BCUT2D eigenvalue weighted by Gasteiger charge is 2.13. The van der Waals surface area contributed by atoms with Crippen LogP contribution in [0.15, 0.2) is 23.2 Å². The van der Waals surface area contributed by atoms with Gasteiger partial charge >= 0.3 is 0 Å². The number of nitrogens with zero attached hydrogens (tertiary/aromatic N) is 2. The van der Waals surface area contributed by atoms with Crippen molar-refractivity contribution in [2.75, 3.05) is 40.0 Å². The van der Waals surface area contributed by atoms with Gasteiger partial charge in [0.2, 0.25) is 6.79 Å². The first kappa shape index (κ1) is 17.4. The number of ether oxygens (including phenoxy) is 2. The van der Waals surface area contributed by atoms with Gasteiger partial charge in [-0.3, -0.25) is 4.99 Å². The quantitative estimate of drug-likeness (QED) is 0.435. The highest BCUT2D eigenvalue weighted by atomic mass is 16.7. The van der Waals surface area contributed by atoms with E-state index >= 15 is 0 Å². The number of hydrogen-bond donors (Lipinski definition) is 2. The summed E-state index contributed by atoms with van der Waals surface area (Å²) in [5.74, 6) is 2.45. The molecule has 2 rings (SSSR count). The second-order valence-electron chi connectivity index (χ2n) is 5.42.